The van der Waals surface area contributed by atoms with Gasteiger partial charge in [-0.2, -0.15) is 5.10 Å². The maximum atomic E-state index is 12.8. The summed E-state index contributed by atoms with van der Waals surface area (Å²) >= 11 is 0. The first kappa shape index (κ1) is 16.1. The fraction of sp³-hybridized carbons (Fsp3) is 0.789. The summed E-state index contributed by atoms with van der Waals surface area (Å²) in [5.41, 5.74) is 1.28. The Bertz CT molecular complexity index is 574. The number of aryl methyl sites for hydroxylation is 1. The Hall–Kier alpha value is -1.36. The second-order valence-corrected chi connectivity index (χ2v) is 8.55. The quantitative estimate of drug-likeness (QED) is 0.872. The minimum absolute atomic E-state index is 0.121. The lowest BCUT2D eigenvalue weighted by Gasteiger charge is -2.56. The molecular weight excluding hydrogens is 302 g/mol. The van der Waals surface area contributed by atoms with Crippen LogP contribution in [-0.4, -0.2) is 29.4 Å². The van der Waals surface area contributed by atoms with Gasteiger partial charge in [-0.25, -0.2) is 0 Å². The molecule has 0 saturated heterocycles. The topological polar surface area (TPSA) is 56.1 Å². The first-order valence-corrected chi connectivity index (χ1v) is 9.33. The predicted octanol–water partition coefficient (Wildman–Crippen LogP) is 2.83. The van der Waals surface area contributed by atoms with E-state index in [1.807, 2.05) is 17.8 Å². The number of ether oxygens (including phenoxy) is 1. The Kier molecular flexibility index (Phi) is 4.15. The van der Waals surface area contributed by atoms with Crippen LogP contribution >= 0.6 is 0 Å². The van der Waals surface area contributed by atoms with Gasteiger partial charge in [0.1, 0.15) is 0 Å². The molecule has 0 radical (unpaired) electrons. The molecule has 4 saturated carbocycles. The summed E-state index contributed by atoms with van der Waals surface area (Å²) < 4.78 is 7.14. The van der Waals surface area contributed by atoms with Crippen molar-refractivity contribution in [2.45, 2.75) is 51.0 Å². The van der Waals surface area contributed by atoms with Crippen molar-refractivity contribution in [2.75, 3.05) is 13.7 Å². The molecule has 132 valence electrons. The molecule has 1 unspecified atom stereocenters. The molecule has 1 atom stereocenters. The average molecular weight is 331 g/mol. The van der Waals surface area contributed by atoms with Crippen LogP contribution in [0.4, 0.5) is 0 Å². The third kappa shape index (κ3) is 2.99. The van der Waals surface area contributed by atoms with Gasteiger partial charge in [-0.05, 0) is 67.8 Å². The Morgan fingerprint density at radius 1 is 1.33 bits per heavy atom. The Morgan fingerprint density at radius 2 is 1.96 bits per heavy atom. The maximum absolute atomic E-state index is 12.8. The van der Waals surface area contributed by atoms with Crippen LogP contribution in [0.5, 0.6) is 0 Å². The minimum Gasteiger partial charge on any atom is -0.382 e. The van der Waals surface area contributed by atoms with Gasteiger partial charge < -0.3 is 10.1 Å². The number of amides is 1. The smallest absolute Gasteiger partial charge is 0.221 e. The summed E-state index contributed by atoms with van der Waals surface area (Å²) in [6, 6.07) is 1.83. The molecule has 1 heterocycles. The Balaban J connectivity index is 1.43. The SMILES string of the molecule is COCC(NC(=O)CC12CC3CC(CC(C3)C1)C2)c1ccnn1C. The number of hydrogen-bond acceptors (Lipinski definition) is 3. The molecule has 1 amide bonds. The predicted molar refractivity (Wildman–Crippen MR) is 91.2 cm³/mol. The minimum atomic E-state index is -0.121. The third-order valence-electron chi connectivity index (χ3n) is 6.59. The van der Waals surface area contributed by atoms with Gasteiger partial charge in [0.25, 0.3) is 0 Å². The van der Waals surface area contributed by atoms with E-state index in [2.05, 4.69) is 10.4 Å². The van der Waals surface area contributed by atoms with Crippen molar-refractivity contribution in [1.29, 1.82) is 0 Å². The van der Waals surface area contributed by atoms with E-state index >= 15 is 0 Å². The number of nitrogens with one attached hydrogen (secondary N) is 1. The molecule has 1 aromatic heterocycles. The molecule has 24 heavy (non-hydrogen) atoms. The summed E-state index contributed by atoms with van der Waals surface area (Å²) in [7, 11) is 3.58. The van der Waals surface area contributed by atoms with Crippen molar-refractivity contribution >= 4 is 5.91 Å². The number of rotatable bonds is 6. The lowest BCUT2D eigenvalue weighted by Crippen LogP contribution is -2.48. The number of carbonyl (C=O) groups is 1. The Morgan fingerprint density at radius 3 is 2.46 bits per heavy atom. The van der Waals surface area contributed by atoms with Gasteiger partial charge in [0.2, 0.25) is 5.91 Å². The summed E-state index contributed by atoms with van der Waals surface area (Å²) in [5.74, 6) is 2.84. The highest BCUT2D eigenvalue weighted by Crippen LogP contribution is 2.61. The van der Waals surface area contributed by atoms with Crippen molar-refractivity contribution < 1.29 is 9.53 Å². The van der Waals surface area contributed by atoms with Crippen molar-refractivity contribution in [3.8, 4) is 0 Å². The van der Waals surface area contributed by atoms with Gasteiger partial charge >= 0.3 is 0 Å². The highest BCUT2D eigenvalue weighted by molar-refractivity contribution is 5.77. The zero-order chi connectivity index (χ0) is 16.7. The highest BCUT2D eigenvalue weighted by atomic mass is 16.5. The zero-order valence-corrected chi connectivity index (χ0v) is 14.8. The maximum Gasteiger partial charge on any atom is 0.221 e. The van der Waals surface area contributed by atoms with E-state index in [9.17, 15) is 4.79 Å². The lowest BCUT2D eigenvalue weighted by molar-refractivity contribution is -0.130. The molecule has 1 N–H and O–H groups in total. The van der Waals surface area contributed by atoms with Crippen LogP contribution in [0, 0.1) is 23.2 Å². The molecule has 0 spiro atoms. The van der Waals surface area contributed by atoms with Crippen molar-refractivity contribution in [1.82, 2.24) is 15.1 Å². The number of aromatic nitrogens is 2. The van der Waals surface area contributed by atoms with Crippen LogP contribution in [0.25, 0.3) is 0 Å². The Labute approximate surface area is 144 Å². The van der Waals surface area contributed by atoms with E-state index < -0.39 is 0 Å². The summed E-state index contributed by atoms with van der Waals surface area (Å²) in [4.78, 5) is 12.8. The van der Waals surface area contributed by atoms with E-state index in [-0.39, 0.29) is 17.4 Å². The summed E-state index contributed by atoms with van der Waals surface area (Å²) in [5, 5.41) is 7.43. The molecule has 0 aliphatic heterocycles. The number of hydrogen-bond donors (Lipinski definition) is 1. The van der Waals surface area contributed by atoms with E-state index in [1.165, 1.54) is 38.5 Å². The van der Waals surface area contributed by atoms with E-state index in [4.69, 9.17) is 4.74 Å². The van der Waals surface area contributed by atoms with Gasteiger partial charge in [-0.3, -0.25) is 9.48 Å². The number of nitrogens with zero attached hydrogens (tertiary/aromatic N) is 2. The largest absolute Gasteiger partial charge is 0.382 e. The van der Waals surface area contributed by atoms with Crippen LogP contribution in [0.3, 0.4) is 0 Å². The van der Waals surface area contributed by atoms with Gasteiger partial charge in [-0.1, -0.05) is 0 Å². The monoisotopic (exact) mass is 331 g/mol. The fourth-order valence-corrected chi connectivity index (χ4v) is 6.19. The molecular formula is C19H29N3O2. The van der Waals surface area contributed by atoms with Crippen LogP contribution < -0.4 is 5.32 Å². The third-order valence-corrected chi connectivity index (χ3v) is 6.59. The molecule has 4 bridgehead atoms. The van der Waals surface area contributed by atoms with Crippen LogP contribution in [0.2, 0.25) is 0 Å². The van der Waals surface area contributed by atoms with Crippen LogP contribution in [0.15, 0.2) is 12.3 Å². The summed E-state index contributed by atoms with van der Waals surface area (Å²) in [6.07, 6.45) is 10.5. The highest BCUT2D eigenvalue weighted by Gasteiger charge is 2.51. The average Bonchev–Trinajstić information content (AvgIpc) is 2.90. The molecule has 4 fully saturated rings. The van der Waals surface area contributed by atoms with E-state index in [0.717, 1.165) is 23.4 Å². The first-order chi connectivity index (χ1) is 11.6. The van der Waals surface area contributed by atoms with Crippen molar-refractivity contribution in [3.05, 3.63) is 18.0 Å². The first-order valence-electron chi connectivity index (χ1n) is 9.33. The van der Waals surface area contributed by atoms with Crippen LogP contribution in [0.1, 0.15) is 56.7 Å². The molecule has 1 aromatic rings. The standard InChI is InChI=1S/C19H29N3O2/c1-22-17(3-4-20-22)16(12-24-2)21-18(23)11-19-8-13-5-14(9-19)7-15(6-13)10-19/h3-4,13-16H,5-12H2,1-2H3,(H,21,23). The molecule has 0 aromatic carbocycles. The molecule has 4 aliphatic carbocycles. The van der Waals surface area contributed by atoms with Crippen molar-refractivity contribution in [2.24, 2.45) is 30.2 Å². The van der Waals surface area contributed by atoms with E-state index in [0.29, 0.717) is 13.0 Å². The molecule has 5 rings (SSSR count). The molecule has 4 aliphatic rings. The number of methoxy groups -OCH3 is 1. The lowest BCUT2D eigenvalue weighted by atomic mass is 9.49. The van der Waals surface area contributed by atoms with Gasteiger partial charge in [0, 0.05) is 26.8 Å². The fourth-order valence-electron chi connectivity index (χ4n) is 6.19. The number of carbonyl (C=O) groups excluding carboxylic acids is 1. The summed E-state index contributed by atoms with van der Waals surface area (Å²) in [6.45, 7) is 0.478. The van der Waals surface area contributed by atoms with Gasteiger partial charge in [0.15, 0.2) is 0 Å². The van der Waals surface area contributed by atoms with Crippen molar-refractivity contribution in [3.63, 3.8) is 0 Å². The molecule has 5 nitrogen and oxygen atoms in total. The van der Waals surface area contributed by atoms with E-state index in [1.54, 1.807) is 13.3 Å². The second kappa shape index (κ2) is 6.17. The van der Waals surface area contributed by atoms with Gasteiger partial charge in [0.05, 0.1) is 18.3 Å². The molecule has 5 heteroatoms. The van der Waals surface area contributed by atoms with Crippen LogP contribution in [-0.2, 0) is 16.6 Å². The normalized spacial score (nSPS) is 35.2. The van der Waals surface area contributed by atoms with Gasteiger partial charge in [-0.15, -0.1) is 0 Å². The second-order valence-electron chi connectivity index (χ2n) is 8.55. The zero-order valence-electron chi connectivity index (χ0n) is 14.8.